The first-order chi connectivity index (χ1) is 12.8. The molecule has 0 bridgehead atoms. The molecule has 0 aromatic heterocycles. The lowest BCUT2D eigenvalue weighted by atomic mass is 9.70. The highest BCUT2D eigenvalue weighted by atomic mass is 79.9. The number of hydrogen-bond donors (Lipinski definition) is 0. The zero-order valence-electron chi connectivity index (χ0n) is 15.1. The second-order valence-corrected chi connectivity index (χ2v) is 9.57. The minimum atomic E-state index is 0.241. The monoisotopic (exact) mass is 424 g/mol. The lowest BCUT2D eigenvalue weighted by molar-refractivity contribution is 0.268. The van der Waals surface area contributed by atoms with Crippen molar-refractivity contribution in [2.75, 3.05) is 6.16 Å². The van der Waals surface area contributed by atoms with Gasteiger partial charge in [0.1, 0.15) is 0 Å². The smallest absolute Gasteiger partial charge is 0.0173 e. The van der Waals surface area contributed by atoms with Crippen LogP contribution in [0.25, 0.3) is 0 Å². The lowest BCUT2D eigenvalue weighted by Crippen LogP contribution is -2.30. The molecule has 0 saturated heterocycles. The number of halogens is 1. The number of benzene rings is 3. The SMILES string of the molecule is BrPCCC(Cc1ccccc1)(Cc1ccccc1)Cc1ccccc1. The summed E-state index contributed by atoms with van der Waals surface area (Å²) in [7, 11) is 0.826. The van der Waals surface area contributed by atoms with Gasteiger partial charge in [0.25, 0.3) is 0 Å². The first-order valence-corrected chi connectivity index (χ1v) is 12.7. The fourth-order valence-corrected chi connectivity index (χ4v) is 5.07. The molecule has 0 aliphatic rings. The van der Waals surface area contributed by atoms with Gasteiger partial charge < -0.3 is 0 Å². The molecular weight excluding hydrogens is 399 g/mol. The summed E-state index contributed by atoms with van der Waals surface area (Å²) >= 11 is 3.69. The van der Waals surface area contributed by atoms with E-state index in [0.29, 0.717) is 0 Å². The van der Waals surface area contributed by atoms with Crippen LogP contribution in [0.15, 0.2) is 91.0 Å². The Morgan fingerprint density at radius 3 is 1.23 bits per heavy atom. The second-order valence-electron chi connectivity index (χ2n) is 7.12. The van der Waals surface area contributed by atoms with Crippen molar-refractivity contribution < 1.29 is 0 Å². The van der Waals surface area contributed by atoms with Gasteiger partial charge >= 0.3 is 0 Å². The van der Waals surface area contributed by atoms with E-state index in [2.05, 4.69) is 106 Å². The quantitative estimate of drug-likeness (QED) is 0.322. The van der Waals surface area contributed by atoms with Gasteiger partial charge in [-0.1, -0.05) is 114 Å². The Labute approximate surface area is 167 Å². The van der Waals surface area contributed by atoms with E-state index in [0.717, 1.165) is 26.5 Å². The van der Waals surface area contributed by atoms with Gasteiger partial charge in [0.15, 0.2) is 0 Å². The highest BCUT2D eigenvalue weighted by Gasteiger charge is 2.30. The Hall–Kier alpha value is -1.43. The molecule has 3 aromatic carbocycles. The third kappa shape index (κ3) is 5.79. The summed E-state index contributed by atoms with van der Waals surface area (Å²) in [6.45, 7) is 0. The number of hydrogen-bond acceptors (Lipinski definition) is 0. The number of rotatable bonds is 9. The Bertz CT molecular complexity index is 655. The van der Waals surface area contributed by atoms with Crippen LogP contribution in [-0.4, -0.2) is 6.16 Å². The predicted molar refractivity (Wildman–Crippen MR) is 120 cm³/mol. The van der Waals surface area contributed by atoms with Crippen LogP contribution >= 0.6 is 22.8 Å². The Morgan fingerprint density at radius 2 is 0.923 bits per heavy atom. The average molecular weight is 425 g/mol. The van der Waals surface area contributed by atoms with Gasteiger partial charge in [0.05, 0.1) is 0 Å². The highest BCUT2D eigenvalue weighted by Crippen LogP contribution is 2.38. The molecule has 3 rings (SSSR count). The summed E-state index contributed by atoms with van der Waals surface area (Å²) in [5, 5.41) is 0. The summed E-state index contributed by atoms with van der Waals surface area (Å²) in [5.41, 5.74) is 4.57. The van der Waals surface area contributed by atoms with Crippen LogP contribution in [0.1, 0.15) is 23.1 Å². The topological polar surface area (TPSA) is 0 Å². The summed E-state index contributed by atoms with van der Waals surface area (Å²) in [4.78, 5) is 0. The minimum absolute atomic E-state index is 0.241. The average Bonchev–Trinajstić information content (AvgIpc) is 2.69. The molecular formula is C24H26BrP. The molecule has 26 heavy (non-hydrogen) atoms. The third-order valence-corrected chi connectivity index (χ3v) is 6.64. The van der Waals surface area contributed by atoms with Gasteiger partial charge in [0, 0.05) is 0 Å². The maximum absolute atomic E-state index is 3.69. The van der Waals surface area contributed by atoms with Crippen LogP contribution in [-0.2, 0) is 19.3 Å². The third-order valence-electron chi connectivity index (χ3n) is 5.02. The fourth-order valence-electron chi connectivity index (χ4n) is 3.85. The van der Waals surface area contributed by atoms with E-state index in [1.54, 1.807) is 0 Å². The van der Waals surface area contributed by atoms with E-state index in [-0.39, 0.29) is 5.41 Å². The molecule has 0 radical (unpaired) electrons. The fraction of sp³-hybridized carbons (Fsp3) is 0.250. The molecule has 2 heteroatoms. The maximum Gasteiger partial charge on any atom is -0.0173 e. The van der Waals surface area contributed by atoms with E-state index >= 15 is 0 Å². The Balaban J connectivity index is 1.94. The van der Waals surface area contributed by atoms with E-state index in [4.69, 9.17) is 0 Å². The van der Waals surface area contributed by atoms with Gasteiger partial charge in [-0.2, -0.15) is 0 Å². The van der Waals surface area contributed by atoms with Crippen LogP contribution in [0, 0.1) is 5.41 Å². The van der Waals surface area contributed by atoms with Crippen LogP contribution < -0.4 is 0 Å². The summed E-state index contributed by atoms with van der Waals surface area (Å²) < 4.78 is 0. The zero-order chi connectivity index (χ0) is 18.1. The molecule has 0 nitrogen and oxygen atoms in total. The van der Waals surface area contributed by atoms with Crippen molar-refractivity contribution in [3.8, 4) is 0 Å². The standard InChI is InChI=1S/C24H26BrP/c25-26-17-16-24(18-21-10-4-1-5-11-21,19-22-12-6-2-7-13-22)20-23-14-8-3-9-15-23/h1-15,26H,16-20H2. The van der Waals surface area contributed by atoms with Gasteiger partial charge in [0.2, 0.25) is 0 Å². The molecule has 0 aliphatic heterocycles. The van der Waals surface area contributed by atoms with Crippen molar-refractivity contribution in [2.24, 2.45) is 5.41 Å². The molecule has 0 saturated carbocycles. The zero-order valence-corrected chi connectivity index (χ0v) is 17.7. The molecule has 3 aromatic rings. The molecule has 0 amide bonds. The van der Waals surface area contributed by atoms with Crippen LogP contribution in [0.3, 0.4) is 0 Å². The van der Waals surface area contributed by atoms with Gasteiger partial charge in [-0.15, -0.1) is 0 Å². The molecule has 1 unspecified atom stereocenters. The summed E-state index contributed by atoms with van der Waals surface area (Å²) in [6.07, 6.45) is 5.82. The first kappa shape index (κ1) is 19.3. The second kappa shape index (κ2) is 10.0. The molecule has 0 N–H and O–H groups in total. The Kier molecular flexibility index (Phi) is 7.47. The Morgan fingerprint density at radius 1 is 0.577 bits per heavy atom. The maximum atomic E-state index is 3.69. The van der Waals surface area contributed by atoms with E-state index in [1.807, 2.05) is 0 Å². The minimum Gasteiger partial charge on any atom is -0.0642 e. The van der Waals surface area contributed by atoms with Gasteiger partial charge in [-0.25, -0.2) is 0 Å². The summed E-state index contributed by atoms with van der Waals surface area (Å²) in [6, 6.07) is 33.0. The normalized spacial score (nSPS) is 11.9. The van der Waals surface area contributed by atoms with Crippen molar-refractivity contribution in [3.63, 3.8) is 0 Å². The van der Waals surface area contributed by atoms with Crippen molar-refractivity contribution in [2.45, 2.75) is 25.7 Å². The predicted octanol–water partition coefficient (Wildman–Crippen LogP) is 7.08. The van der Waals surface area contributed by atoms with E-state index in [1.165, 1.54) is 29.3 Å². The van der Waals surface area contributed by atoms with E-state index < -0.39 is 0 Å². The molecule has 0 aliphatic carbocycles. The summed E-state index contributed by atoms with van der Waals surface area (Å²) in [5.74, 6) is 0. The van der Waals surface area contributed by atoms with Crippen LogP contribution in [0.2, 0.25) is 0 Å². The lowest BCUT2D eigenvalue weighted by Gasteiger charge is -2.35. The molecule has 0 spiro atoms. The highest BCUT2D eigenvalue weighted by molar-refractivity contribution is 9.36. The molecule has 134 valence electrons. The molecule has 1 atom stereocenters. The van der Waals surface area contributed by atoms with Crippen molar-refractivity contribution >= 4 is 22.8 Å². The van der Waals surface area contributed by atoms with Crippen LogP contribution in [0.5, 0.6) is 0 Å². The van der Waals surface area contributed by atoms with Gasteiger partial charge in [-0.3, -0.25) is 0 Å². The first-order valence-electron chi connectivity index (χ1n) is 9.25. The van der Waals surface area contributed by atoms with Crippen LogP contribution in [0.4, 0.5) is 0 Å². The molecule has 0 fully saturated rings. The van der Waals surface area contributed by atoms with Crippen molar-refractivity contribution in [1.82, 2.24) is 0 Å². The van der Waals surface area contributed by atoms with Crippen molar-refractivity contribution in [1.29, 1.82) is 0 Å². The van der Waals surface area contributed by atoms with E-state index in [9.17, 15) is 0 Å². The molecule has 0 heterocycles. The van der Waals surface area contributed by atoms with Gasteiger partial charge in [-0.05, 0) is 54.0 Å². The largest absolute Gasteiger partial charge is 0.0642 e. The van der Waals surface area contributed by atoms with Crippen molar-refractivity contribution in [3.05, 3.63) is 108 Å².